The molecule has 2 rings (SSSR count). The van der Waals surface area contributed by atoms with Crippen LogP contribution in [0.3, 0.4) is 0 Å². The van der Waals surface area contributed by atoms with Gasteiger partial charge in [0.15, 0.2) is 0 Å². The van der Waals surface area contributed by atoms with Crippen molar-refractivity contribution in [1.29, 1.82) is 0 Å². The van der Waals surface area contributed by atoms with E-state index in [1.54, 1.807) is 0 Å². The maximum absolute atomic E-state index is 12.8. The summed E-state index contributed by atoms with van der Waals surface area (Å²) in [5.41, 5.74) is -0.255. The van der Waals surface area contributed by atoms with E-state index in [0.29, 0.717) is 5.91 Å². The lowest BCUT2D eigenvalue weighted by atomic mass is 9.90. The fourth-order valence-corrected chi connectivity index (χ4v) is 3.35. The van der Waals surface area contributed by atoms with Crippen molar-refractivity contribution in [3.63, 3.8) is 0 Å². The quantitative estimate of drug-likeness (QED) is 0.760. The van der Waals surface area contributed by atoms with E-state index < -0.39 is 0 Å². The summed E-state index contributed by atoms with van der Waals surface area (Å²) in [7, 11) is 0. The molecule has 1 atom stereocenters. The van der Waals surface area contributed by atoms with Crippen molar-refractivity contribution in [2.75, 3.05) is 39.3 Å². The molecule has 2 saturated heterocycles. The summed E-state index contributed by atoms with van der Waals surface area (Å²) in [5, 5.41) is 3.48. The van der Waals surface area contributed by atoms with Gasteiger partial charge in [-0.1, -0.05) is 19.4 Å². The molecule has 19 heavy (non-hydrogen) atoms. The molecular formula is C15H27N3O. The predicted octanol–water partition coefficient (Wildman–Crippen LogP) is 1.24. The number of hydrogen-bond acceptors (Lipinski definition) is 3. The van der Waals surface area contributed by atoms with Gasteiger partial charge >= 0.3 is 0 Å². The monoisotopic (exact) mass is 265 g/mol. The van der Waals surface area contributed by atoms with E-state index in [2.05, 4.69) is 28.6 Å². The SMILES string of the molecule is C=CCN1CCN(C(=O)C2(CCC)CCCN2)CC1. The third kappa shape index (κ3) is 3.18. The number of carbonyl (C=O) groups is 1. The van der Waals surface area contributed by atoms with E-state index in [-0.39, 0.29) is 5.54 Å². The second-order valence-electron chi connectivity index (χ2n) is 5.74. The first-order chi connectivity index (χ1) is 9.22. The number of carbonyl (C=O) groups excluding carboxylic acids is 1. The molecule has 0 radical (unpaired) electrons. The van der Waals surface area contributed by atoms with Gasteiger partial charge in [-0.15, -0.1) is 6.58 Å². The Kier molecular flexibility index (Phi) is 4.99. The van der Waals surface area contributed by atoms with Crippen LogP contribution in [0.4, 0.5) is 0 Å². The highest BCUT2D eigenvalue weighted by Gasteiger charge is 2.42. The first-order valence-corrected chi connectivity index (χ1v) is 7.59. The molecule has 0 aromatic carbocycles. The van der Waals surface area contributed by atoms with Crippen molar-refractivity contribution < 1.29 is 4.79 Å². The number of piperazine rings is 1. The maximum atomic E-state index is 12.8. The lowest BCUT2D eigenvalue weighted by molar-refractivity contribution is -0.140. The van der Waals surface area contributed by atoms with E-state index in [4.69, 9.17) is 0 Å². The topological polar surface area (TPSA) is 35.6 Å². The van der Waals surface area contributed by atoms with E-state index in [1.165, 1.54) is 0 Å². The normalized spacial score (nSPS) is 28.6. The molecule has 108 valence electrons. The van der Waals surface area contributed by atoms with Gasteiger partial charge in [0.05, 0.1) is 5.54 Å². The van der Waals surface area contributed by atoms with Gasteiger partial charge in [0.2, 0.25) is 5.91 Å². The molecule has 1 unspecified atom stereocenters. The van der Waals surface area contributed by atoms with Crippen LogP contribution in [0.25, 0.3) is 0 Å². The van der Waals surface area contributed by atoms with Crippen LogP contribution in [-0.2, 0) is 4.79 Å². The van der Waals surface area contributed by atoms with Crippen LogP contribution in [0, 0.1) is 0 Å². The number of rotatable bonds is 5. The van der Waals surface area contributed by atoms with Crippen molar-refractivity contribution in [2.24, 2.45) is 0 Å². The molecule has 2 heterocycles. The molecule has 4 heteroatoms. The van der Waals surface area contributed by atoms with Crippen molar-refractivity contribution in [2.45, 2.75) is 38.1 Å². The molecule has 1 N–H and O–H groups in total. The Morgan fingerprint density at radius 2 is 2.11 bits per heavy atom. The smallest absolute Gasteiger partial charge is 0.242 e. The lowest BCUT2D eigenvalue weighted by Crippen LogP contribution is -2.59. The standard InChI is InChI=1S/C15H27N3O/c1-3-6-15(7-5-8-16-15)14(19)18-12-10-17(9-4-2)11-13-18/h4,16H,2-3,5-13H2,1H3. The Bertz CT molecular complexity index is 315. The van der Waals surface area contributed by atoms with E-state index in [1.807, 2.05) is 6.08 Å². The largest absolute Gasteiger partial charge is 0.339 e. The summed E-state index contributed by atoms with van der Waals surface area (Å²) in [4.78, 5) is 17.2. The van der Waals surface area contributed by atoms with Gasteiger partial charge in [0, 0.05) is 32.7 Å². The van der Waals surface area contributed by atoms with Crippen LogP contribution < -0.4 is 5.32 Å². The van der Waals surface area contributed by atoms with Crippen LogP contribution in [-0.4, -0.2) is 60.5 Å². The average molecular weight is 265 g/mol. The van der Waals surface area contributed by atoms with Gasteiger partial charge in [-0.3, -0.25) is 9.69 Å². The van der Waals surface area contributed by atoms with Gasteiger partial charge in [0.25, 0.3) is 0 Å². The molecule has 0 saturated carbocycles. The molecule has 2 aliphatic heterocycles. The first-order valence-electron chi connectivity index (χ1n) is 7.59. The molecule has 2 fully saturated rings. The van der Waals surface area contributed by atoms with Gasteiger partial charge < -0.3 is 10.2 Å². The zero-order valence-corrected chi connectivity index (χ0v) is 12.2. The highest BCUT2D eigenvalue weighted by atomic mass is 16.2. The Morgan fingerprint density at radius 1 is 1.37 bits per heavy atom. The maximum Gasteiger partial charge on any atom is 0.242 e. The third-order valence-corrected chi connectivity index (χ3v) is 4.38. The number of nitrogens with zero attached hydrogens (tertiary/aromatic N) is 2. The second kappa shape index (κ2) is 6.53. The first kappa shape index (κ1) is 14.5. The van der Waals surface area contributed by atoms with Crippen LogP contribution >= 0.6 is 0 Å². The van der Waals surface area contributed by atoms with Crippen LogP contribution in [0.1, 0.15) is 32.6 Å². The summed E-state index contributed by atoms with van der Waals surface area (Å²) in [6.45, 7) is 11.5. The average Bonchev–Trinajstić information content (AvgIpc) is 2.89. The number of nitrogens with one attached hydrogen (secondary N) is 1. The second-order valence-corrected chi connectivity index (χ2v) is 5.74. The minimum atomic E-state index is -0.255. The van der Waals surface area contributed by atoms with Crippen molar-refractivity contribution in [3.8, 4) is 0 Å². The van der Waals surface area contributed by atoms with E-state index in [9.17, 15) is 4.79 Å². The molecule has 2 aliphatic rings. The highest BCUT2D eigenvalue weighted by molar-refractivity contribution is 5.87. The van der Waals surface area contributed by atoms with Crippen LogP contribution in [0.15, 0.2) is 12.7 Å². The minimum Gasteiger partial charge on any atom is -0.339 e. The fraction of sp³-hybridized carbons (Fsp3) is 0.800. The Morgan fingerprint density at radius 3 is 2.63 bits per heavy atom. The molecule has 0 aromatic heterocycles. The minimum absolute atomic E-state index is 0.255. The summed E-state index contributed by atoms with van der Waals surface area (Å²) < 4.78 is 0. The third-order valence-electron chi connectivity index (χ3n) is 4.38. The molecule has 4 nitrogen and oxygen atoms in total. The Hall–Kier alpha value is -0.870. The summed E-state index contributed by atoms with van der Waals surface area (Å²) in [5.74, 6) is 0.338. The molecule has 0 bridgehead atoms. The molecule has 0 aliphatic carbocycles. The highest BCUT2D eigenvalue weighted by Crippen LogP contribution is 2.27. The molecule has 1 amide bonds. The van der Waals surface area contributed by atoms with Crippen molar-refractivity contribution in [1.82, 2.24) is 15.1 Å². The van der Waals surface area contributed by atoms with Gasteiger partial charge in [0.1, 0.15) is 0 Å². The van der Waals surface area contributed by atoms with Crippen molar-refractivity contribution in [3.05, 3.63) is 12.7 Å². The van der Waals surface area contributed by atoms with E-state index in [0.717, 1.165) is 65.0 Å². The summed E-state index contributed by atoms with van der Waals surface area (Å²) >= 11 is 0. The molecular weight excluding hydrogens is 238 g/mol. The Balaban J connectivity index is 1.94. The summed E-state index contributed by atoms with van der Waals surface area (Å²) in [6.07, 6.45) is 6.11. The van der Waals surface area contributed by atoms with Crippen LogP contribution in [0.5, 0.6) is 0 Å². The van der Waals surface area contributed by atoms with Gasteiger partial charge in [-0.05, 0) is 25.8 Å². The predicted molar refractivity (Wildman–Crippen MR) is 78.1 cm³/mol. The van der Waals surface area contributed by atoms with Gasteiger partial charge in [-0.2, -0.15) is 0 Å². The summed E-state index contributed by atoms with van der Waals surface area (Å²) in [6, 6.07) is 0. The number of hydrogen-bond donors (Lipinski definition) is 1. The zero-order chi connectivity index (χ0) is 13.7. The molecule has 0 spiro atoms. The molecule has 0 aromatic rings. The number of amides is 1. The van der Waals surface area contributed by atoms with Gasteiger partial charge in [-0.25, -0.2) is 0 Å². The van der Waals surface area contributed by atoms with E-state index >= 15 is 0 Å². The Labute approximate surface area is 116 Å². The fourth-order valence-electron chi connectivity index (χ4n) is 3.35. The van der Waals surface area contributed by atoms with Crippen molar-refractivity contribution >= 4 is 5.91 Å². The lowest BCUT2D eigenvalue weighted by Gasteiger charge is -2.39. The van der Waals surface area contributed by atoms with Crippen LogP contribution in [0.2, 0.25) is 0 Å². The zero-order valence-electron chi connectivity index (χ0n) is 12.2.